The van der Waals surface area contributed by atoms with Crippen molar-refractivity contribution in [2.75, 3.05) is 38.0 Å². The first-order chi connectivity index (χ1) is 11.2. The molecule has 0 radical (unpaired) electrons. The summed E-state index contributed by atoms with van der Waals surface area (Å²) in [5.74, 6) is 0.0438. The van der Waals surface area contributed by atoms with Gasteiger partial charge in [-0.3, -0.25) is 14.6 Å². The SMILES string of the molecule is O=C(CN1CCN(C2CCCCC2O)CC1)Nc1ccccc1. The minimum absolute atomic E-state index is 0.0438. The van der Waals surface area contributed by atoms with Crippen LogP contribution in [0, 0.1) is 0 Å². The van der Waals surface area contributed by atoms with Gasteiger partial charge >= 0.3 is 0 Å². The lowest BCUT2D eigenvalue weighted by atomic mass is 9.91. The molecule has 2 N–H and O–H groups in total. The molecular formula is C18H27N3O2. The summed E-state index contributed by atoms with van der Waals surface area (Å²) in [4.78, 5) is 16.7. The molecule has 5 heteroatoms. The van der Waals surface area contributed by atoms with Crippen molar-refractivity contribution in [1.29, 1.82) is 0 Å². The molecule has 1 saturated carbocycles. The molecule has 0 aromatic heterocycles. The molecule has 2 atom stereocenters. The van der Waals surface area contributed by atoms with Crippen LogP contribution in [0.1, 0.15) is 25.7 Å². The number of aliphatic hydroxyl groups excluding tert-OH is 1. The van der Waals surface area contributed by atoms with Crippen molar-refractivity contribution < 1.29 is 9.90 Å². The van der Waals surface area contributed by atoms with E-state index in [4.69, 9.17) is 0 Å². The number of carbonyl (C=O) groups excluding carboxylic acids is 1. The third-order valence-electron chi connectivity index (χ3n) is 4.99. The van der Waals surface area contributed by atoms with Gasteiger partial charge in [0.25, 0.3) is 0 Å². The van der Waals surface area contributed by atoms with Crippen LogP contribution in [0.2, 0.25) is 0 Å². The van der Waals surface area contributed by atoms with E-state index in [9.17, 15) is 9.90 Å². The Kier molecular flexibility index (Phi) is 5.65. The zero-order valence-corrected chi connectivity index (χ0v) is 13.7. The molecule has 23 heavy (non-hydrogen) atoms. The number of nitrogens with zero attached hydrogens (tertiary/aromatic N) is 2. The van der Waals surface area contributed by atoms with Gasteiger partial charge in [-0.1, -0.05) is 31.0 Å². The zero-order chi connectivity index (χ0) is 16.1. The molecule has 2 aliphatic rings. The van der Waals surface area contributed by atoms with Crippen LogP contribution in [0.4, 0.5) is 5.69 Å². The monoisotopic (exact) mass is 317 g/mol. The van der Waals surface area contributed by atoms with E-state index in [2.05, 4.69) is 15.1 Å². The second kappa shape index (κ2) is 7.90. The highest BCUT2D eigenvalue weighted by atomic mass is 16.3. The lowest BCUT2D eigenvalue weighted by molar-refractivity contribution is -0.118. The average molecular weight is 317 g/mol. The summed E-state index contributed by atoms with van der Waals surface area (Å²) in [6.45, 7) is 4.12. The Hall–Kier alpha value is -1.43. The largest absolute Gasteiger partial charge is 0.391 e. The summed E-state index contributed by atoms with van der Waals surface area (Å²) in [6.07, 6.45) is 4.25. The lowest BCUT2D eigenvalue weighted by Gasteiger charge is -2.42. The Morgan fingerprint density at radius 1 is 1.09 bits per heavy atom. The van der Waals surface area contributed by atoms with Crippen LogP contribution in [0.5, 0.6) is 0 Å². The predicted octanol–water partition coefficient (Wildman–Crippen LogP) is 1.55. The van der Waals surface area contributed by atoms with Gasteiger partial charge in [0, 0.05) is 37.9 Å². The normalized spacial score (nSPS) is 26.8. The van der Waals surface area contributed by atoms with E-state index in [1.165, 1.54) is 6.42 Å². The molecule has 1 saturated heterocycles. The molecule has 1 amide bonds. The molecule has 0 bridgehead atoms. The van der Waals surface area contributed by atoms with Gasteiger partial charge in [-0.05, 0) is 25.0 Å². The molecule has 1 heterocycles. The molecule has 2 fully saturated rings. The summed E-state index contributed by atoms with van der Waals surface area (Å²) < 4.78 is 0. The second-order valence-corrected chi connectivity index (χ2v) is 6.65. The van der Waals surface area contributed by atoms with E-state index < -0.39 is 0 Å². The van der Waals surface area contributed by atoms with Crippen molar-refractivity contribution in [2.45, 2.75) is 37.8 Å². The summed E-state index contributed by atoms with van der Waals surface area (Å²) in [7, 11) is 0. The number of anilines is 1. The number of rotatable bonds is 4. The van der Waals surface area contributed by atoms with E-state index in [0.29, 0.717) is 12.6 Å². The number of benzene rings is 1. The molecule has 2 unspecified atom stereocenters. The van der Waals surface area contributed by atoms with Gasteiger partial charge in [-0.2, -0.15) is 0 Å². The van der Waals surface area contributed by atoms with Gasteiger partial charge in [0.05, 0.1) is 12.6 Å². The van der Waals surface area contributed by atoms with Crippen LogP contribution in [0.3, 0.4) is 0 Å². The number of amides is 1. The fourth-order valence-corrected chi connectivity index (χ4v) is 3.70. The van der Waals surface area contributed by atoms with Crippen molar-refractivity contribution in [1.82, 2.24) is 9.80 Å². The quantitative estimate of drug-likeness (QED) is 0.885. The third kappa shape index (κ3) is 4.53. The molecule has 1 aromatic carbocycles. The van der Waals surface area contributed by atoms with Gasteiger partial charge in [0.15, 0.2) is 0 Å². The summed E-state index contributed by atoms with van der Waals surface area (Å²) in [6, 6.07) is 9.91. The number of piperazine rings is 1. The summed E-state index contributed by atoms with van der Waals surface area (Å²) in [5, 5.41) is 13.1. The highest BCUT2D eigenvalue weighted by Gasteiger charge is 2.31. The lowest BCUT2D eigenvalue weighted by Crippen LogP contribution is -2.55. The number of para-hydroxylation sites is 1. The number of carbonyl (C=O) groups is 1. The van der Waals surface area contributed by atoms with Crippen LogP contribution < -0.4 is 5.32 Å². The molecule has 126 valence electrons. The average Bonchev–Trinajstić information content (AvgIpc) is 2.57. The second-order valence-electron chi connectivity index (χ2n) is 6.65. The minimum atomic E-state index is -0.170. The van der Waals surface area contributed by atoms with E-state index in [0.717, 1.165) is 51.1 Å². The standard InChI is InChI=1S/C18H27N3O2/c22-17-9-5-4-8-16(17)21-12-10-20(11-13-21)14-18(23)19-15-6-2-1-3-7-15/h1-3,6-7,16-17,22H,4-5,8-14H2,(H,19,23). The first-order valence-electron chi connectivity index (χ1n) is 8.72. The molecule has 1 aliphatic carbocycles. The van der Waals surface area contributed by atoms with Crippen molar-refractivity contribution in [3.05, 3.63) is 30.3 Å². The molecule has 5 nitrogen and oxygen atoms in total. The van der Waals surface area contributed by atoms with Crippen LogP contribution >= 0.6 is 0 Å². The Bertz CT molecular complexity index is 500. The number of hydrogen-bond acceptors (Lipinski definition) is 4. The van der Waals surface area contributed by atoms with Crippen molar-refractivity contribution in [3.8, 4) is 0 Å². The molecule has 0 spiro atoms. The fraction of sp³-hybridized carbons (Fsp3) is 0.611. The maximum Gasteiger partial charge on any atom is 0.238 e. The zero-order valence-electron chi connectivity index (χ0n) is 13.7. The van der Waals surface area contributed by atoms with Crippen molar-refractivity contribution >= 4 is 11.6 Å². The number of nitrogens with one attached hydrogen (secondary N) is 1. The fourth-order valence-electron chi connectivity index (χ4n) is 3.70. The Morgan fingerprint density at radius 3 is 2.48 bits per heavy atom. The highest BCUT2D eigenvalue weighted by Crippen LogP contribution is 2.24. The minimum Gasteiger partial charge on any atom is -0.391 e. The van der Waals surface area contributed by atoms with Crippen LogP contribution in [0.25, 0.3) is 0 Å². The van der Waals surface area contributed by atoms with E-state index in [1.807, 2.05) is 30.3 Å². The Balaban J connectivity index is 1.43. The van der Waals surface area contributed by atoms with Crippen molar-refractivity contribution in [2.24, 2.45) is 0 Å². The van der Waals surface area contributed by atoms with Crippen molar-refractivity contribution in [3.63, 3.8) is 0 Å². The predicted molar refractivity (Wildman–Crippen MR) is 91.3 cm³/mol. The summed E-state index contributed by atoms with van der Waals surface area (Å²) >= 11 is 0. The number of hydrogen-bond donors (Lipinski definition) is 2. The summed E-state index contributed by atoms with van der Waals surface area (Å²) in [5.41, 5.74) is 0.849. The smallest absolute Gasteiger partial charge is 0.238 e. The van der Waals surface area contributed by atoms with E-state index in [-0.39, 0.29) is 12.0 Å². The Labute approximate surface area is 138 Å². The van der Waals surface area contributed by atoms with Gasteiger partial charge in [0.2, 0.25) is 5.91 Å². The first kappa shape index (κ1) is 16.4. The van der Waals surface area contributed by atoms with Crippen LogP contribution in [0.15, 0.2) is 30.3 Å². The third-order valence-corrected chi connectivity index (χ3v) is 4.99. The molecule has 3 rings (SSSR count). The molecule has 1 aliphatic heterocycles. The topological polar surface area (TPSA) is 55.8 Å². The van der Waals surface area contributed by atoms with Crippen LogP contribution in [-0.4, -0.2) is 65.7 Å². The maximum absolute atomic E-state index is 12.1. The van der Waals surface area contributed by atoms with Crippen LogP contribution in [-0.2, 0) is 4.79 Å². The highest BCUT2D eigenvalue weighted by molar-refractivity contribution is 5.92. The molecule has 1 aromatic rings. The Morgan fingerprint density at radius 2 is 1.78 bits per heavy atom. The van der Waals surface area contributed by atoms with Gasteiger partial charge in [-0.25, -0.2) is 0 Å². The van der Waals surface area contributed by atoms with Gasteiger partial charge < -0.3 is 10.4 Å². The van der Waals surface area contributed by atoms with E-state index in [1.54, 1.807) is 0 Å². The molecular weight excluding hydrogens is 290 g/mol. The van der Waals surface area contributed by atoms with Gasteiger partial charge in [0.1, 0.15) is 0 Å². The number of aliphatic hydroxyl groups is 1. The van der Waals surface area contributed by atoms with Gasteiger partial charge in [-0.15, -0.1) is 0 Å². The van der Waals surface area contributed by atoms with E-state index >= 15 is 0 Å². The first-order valence-corrected chi connectivity index (χ1v) is 8.72. The maximum atomic E-state index is 12.1.